The summed E-state index contributed by atoms with van der Waals surface area (Å²) >= 11 is 3.49. The highest BCUT2D eigenvalue weighted by atomic mass is 127. The molecule has 0 saturated heterocycles. The zero-order valence-corrected chi connectivity index (χ0v) is 19.0. The molecule has 1 N–H and O–H groups in total. The molecule has 0 amide bonds. The van der Waals surface area contributed by atoms with E-state index in [0.29, 0.717) is 0 Å². The summed E-state index contributed by atoms with van der Waals surface area (Å²) in [5, 5.41) is 8.73. The summed E-state index contributed by atoms with van der Waals surface area (Å²) in [4.78, 5) is 12.9. The first-order valence-corrected chi connectivity index (χ1v) is 9.62. The topological polar surface area (TPSA) is 40.5 Å². The van der Waals surface area contributed by atoms with E-state index >= 15 is 0 Å². The number of nitrogens with one attached hydrogen (secondary N) is 1. The molecule has 134 valence electrons. The van der Waals surface area contributed by atoms with Crippen molar-refractivity contribution in [1.82, 2.24) is 15.2 Å². The highest BCUT2D eigenvalue weighted by Crippen LogP contribution is 2.27. The number of thiophene rings is 1. The lowest BCUT2D eigenvalue weighted by Gasteiger charge is -2.25. The van der Waals surface area contributed by atoms with Gasteiger partial charge in [-0.2, -0.15) is 0 Å². The van der Waals surface area contributed by atoms with Crippen molar-refractivity contribution in [3.63, 3.8) is 0 Å². The Morgan fingerprint density at radius 2 is 2.12 bits per heavy atom. The third-order valence-electron chi connectivity index (χ3n) is 3.57. The van der Waals surface area contributed by atoms with E-state index in [9.17, 15) is 0 Å². The molecule has 2 heterocycles. The molecule has 0 spiro atoms. The molecule has 0 aliphatic rings. The van der Waals surface area contributed by atoms with Crippen molar-refractivity contribution in [2.45, 2.75) is 39.7 Å². The third-order valence-corrected chi connectivity index (χ3v) is 5.63. The first-order valence-electron chi connectivity index (χ1n) is 7.87. The predicted octanol–water partition coefficient (Wildman–Crippen LogP) is 4.51. The van der Waals surface area contributed by atoms with Crippen molar-refractivity contribution in [1.29, 1.82) is 0 Å². The summed E-state index contributed by atoms with van der Waals surface area (Å²) in [5.74, 6) is 0.933. The lowest BCUT2D eigenvalue weighted by Crippen LogP contribution is -2.39. The van der Waals surface area contributed by atoms with Gasteiger partial charge in [-0.05, 0) is 25.3 Å². The summed E-state index contributed by atoms with van der Waals surface area (Å²) in [6, 6.07) is 4.29. The number of aromatic nitrogens is 1. The second kappa shape index (κ2) is 9.72. The fraction of sp³-hybridized carbons (Fsp3) is 0.529. The number of rotatable bonds is 6. The second-order valence-corrected chi connectivity index (χ2v) is 8.26. The van der Waals surface area contributed by atoms with E-state index in [4.69, 9.17) is 4.99 Å². The summed E-state index contributed by atoms with van der Waals surface area (Å²) in [6.45, 7) is 11.0. The summed E-state index contributed by atoms with van der Waals surface area (Å²) in [6.07, 6.45) is 0. The van der Waals surface area contributed by atoms with Gasteiger partial charge in [0.1, 0.15) is 0 Å². The van der Waals surface area contributed by atoms with Crippen LogP contribution in [0.25, 0.3) is 0 Å². The molecule has 0 atom stereocenters. The molecule has 2 rings (SSSR count). The molecule has 0 radical (unpaired) electrons. The van der Waals surface area contributed by atoms with Gasteiger partial charge in [-0.1, -0.05) is 19.9 Å². The van der Waals surface area contributed by atoms with Gasteiger partial charge in [0.15, 0.2) is 5.96 Å². The van der Waals surface area contributed by atoms with Crippen molar-refractivity contribution in [3.8, 4) is 0 Å². The van der Waals surface area contributed by atoms with Gasteiger partial charge in [0, 0.05) is 29.3 Å². The fourth-order valence-electron chi connectivity index (χ4n) is 2.28. The van der Waals surface area contributed by atoms with Gasteiger partial charge in [0.2, 0.25) is 0 Å². The molecule has 2 aromatic heterocycles. The van der Waals surface area contributed by atoms with E-state index in [0.717, 1.165) is 36.3 Å². The summed E-state index contributed by atoms with van der Waals surface area (Å²) in [7, 11) is 2.06. The van der Waals surface area contributed by atoms with E-state index in [2.05, 4.69) is 65.9 Å². The van der Waals surface area contributed by atoms with Crippen molar-refractivity contribution in [2.75, 3.05) is 20.1 Å². The molecule has 7 heteroatoms. The normalized spacial score (nSPS) is 12.0. The Bertz CT molecular complexity index is 635. The van der Waals surface area contributed by atoms with Crippen molar-refractivity contribution in [3.05, 3.63) is 38.5 Å². The largest absolute Gasteiger partial charge is 0.357 e. The number of thiazole rings is 1. The Hall–Kier alpha value is -0.670. The van der Waals surface area contributed by atoms with Gasteiger partial charge in [0.05, 0.1) is 23.8 Å². The number of hydrogen-bond donors (Lipinski definition) is 1. The molecule has 24 heavy (non-hydrogen) atoms. The zero-order valence-electron chi connectivity index (χ0n) is 15.0. The van der Waals surface area contributed by atoms with Crippen LogP contribution in [0, 0.1) is 6.92 Å². The standard InChI is InChI=1S/C17H26N4S2.HI/c1-6-18-16(21(5)10-14-11-23-13(2)20-14)19-12-17(3,4)15-8-7-9-22-15;/h7-9,11H,6,10,12H2,1-5H3,(H,18,19);1H. The maximum Gasteiger partial charge on any atom is 0.194 e. The number of aryl methyl sites for hydroxylation is 1. The Morgan fingerprint density at radius 3 is 2.67 bits per heavy atom. The molecule has 0 aromatic carbocycles. The van der Waals surface area contributed by atoms with Crippen LogP contribution in [0.2, 0.25) is 0 Å². The molecular weight excluding hydrogens is 451 g/mol. The van der Waals surface area contributed by atoms with E-state index in [1.54, 1.807) is 22.7 Å². The van der Waals surface area contributed by atoms with Crippen molar-refractivity contribution >= 4 is 52.6 Å². The minimum Gasteiger partial charge on any atom is -0.357 e. The van der Waals surface area contributed by atoms with Crippen LogP contribution < -0.4 is 5.32 Å². The molecule has 0 unspecified atom stereocenters. The molecule has 0 saturated carbocycles. The SMILES string of the molecule is CCNC(=NCC(C)(C)c1cccs1)N(C)Cc1csc(C)n1.I. The van der Waals surface area contributed by atoms with Crippen LogP contribution in [0.4, 0.5) is 0 Å². The predicted molar refractivity (Wildman–Crippen MR) is 117 cm³/mol. The Balaban J connectivity index is 0.00000288. The van der Waals surface area contributed by atoms with Crippen LogP contribution in [0.1, 0.15) is 36.3 Å². The van der Waals surface area contributed by atoms with Gasteiger partial charge >= 0.3 is 0 Å². The monoisotopic (exact) mass is 478 g/mol. The van der Waals surface area contributed by atoms with Gasteiger partial charge in [0.25, 0.3) is 0 Å². The molecule has 0 bridgehead atoms. The number of nitrogens with zero attached hydrogens (tertiary/aromatic N) is 3. The van der Waals surface area contributed by atoms with Crippen LogP contribution in [0.3, 0.4) is 0 Å². The van der Waals surface area contributed by atoms with Crippen molar-refractivity contribution < 1.29 is 0 Å². The second-order valence-electron chi connectivity index (χ2n) is 6.25. The van der Waals surface area contributed by atoms with E-state index in [1.165, 1.54) is 4.88 Å². The average molecular weight is 478 g/mol. The van der Waals surface area contributed by atoms with Crippen molar-refractivity contribution in [2.24, 2.45) is 4.99 Å². The van der Waals surface area contributed by atoms with Crippen LogP contribution in [0.15, 0.2) is 27.9 Å². The lowest BCUT2D eigenvalue weighted by molar-refractivity contribution is 0.463. The maximum absolute atomic E-state index is 4.86. The first-order chi connectivity index (χ1) is 10.9. The summed E-state index contributed by atoms with van der Waals surface area (Å²) in [5.41, 5.74) is 1.14. The van der Waals surface area contributed by atoms with Gasteiger partial charge in [-0.15, -0.1) is 46.7 Å². The van der Waals surface area contributed by atoms with Crippen LogP contribution in [0.5, 0.6) is 0 Å². The van der Waals surface area contributed by atoms with Gasteiger partial charge < -0.3 is 10.2 Å². The Kier molecular flexibility index (Phi) is 8.66. The van der Waals surface area contributed by atoms with Crippen LogP contribution >= 0.6 is 46.7 Å². The van der Waals surface area contributed by atoms with Gasteiger partial charge in [-0.3, -0.25) is 4.99 Å². The molecule has 0 aliphatic carbocycles. The number of halogens is 1. The molecule has 4 nitrogen and oxygen atoms in total. The average Bonchev–Trinajstić information content (AvgIpc) is 3.15. The third kappa shape index (κ3) is 6.00. The zero-order chi connectivity index (χ0) is 16.9. The smallest absolute Gasteiger partial charge is 0.194 e. The number of aliphatic imine (C=N–C) groups is 1. The minimum atomic E-state index is 0. The Morgan fingerprint density at radius 1 is 1.38 bits per heavy atom. The maximum atomic E-state index is 4.86. The highest BCUT2D eigenvalue weighted by molar-refractivity contribution is 14.0. The molecular formula is C17H27IN4S2. The minimum absolute atomic E-state index is 0. The number of hydrogen-bond acceptors (Lipinski definition) is 4. The van der Waals surface area contributed by atoms with Crippen LogP contribution in [-0.4, -0.2) is 36.0 Å². The quantitative estimate of drug-likeness (QED) is 0.378. The molecule has 0 fully saturated rings. The number of guanidine groups is 1. The molecule has 2 aromatic rings. The lowest BCUT2D eigenvalue weighted by atomic mass is 9.92. The fourth-order valence-corrected chi connectivity index (χ4v) is 3.73. The van der Waals surface area contributed by atoms with E-state index < -0.39 is 0 Å². The molecule has 0 aliphatic heterocycles. The summed E-state index contributed by atoms with van der Waals surface area (Å²) < 4.78 is 0. The van der Waals surface area contributed by atoms with E-state index in [1.807, 2.05) is 6.92 Å². The highest BCUT2D eigenvalue weighted by Gasteiger charge is 2.22. The first kappa shape index (κ1) is 21.4. The Labute approximate surface area is 170 Å². The van der Waals surface area contributed by atoms with E-state index in [-0.39, 0.29) is 29.4 Å². The van der Waals surface area contributed by atoms with Crippen LogP contribution in [-0.2, 0) is 12.0 Å². The van der Waals surface area contributed by atoms with Gasteiger partial charge in [-0.25, -0.2) is 4.98 Å².